The average Bonchev–Trinajstić information content (AvgIpc) is 3.52. The molecule has 0 spiro atoms. The van der Waals surface area contributed by atoms with E-state index in [2.05, 4.69) is 41.0 Å². The number of halogens is 3. The van der Waals surface area contributed by atoms with Crippen LogP contribution in [0.15, 0.2) is 41.1 Å². The SMILES string of the molecule is Cc1[nH]ncc1Nc1nccc(-c2ccc3c(c2)CCN(CC(F)(F)F)C[C@H]3NC(=O)c2nnc(C(C)(C)C)o2)n1. The van der Waals surface area contributed by atoms with Crippen LogP contribution in [-0.2, 0) is 11.8 Å². The van der Waals surface area contributed by atoms with E-state index in [-0.39, 0.29) is 24.9 Å². The minimum atomic E-state index is -4.39. The molecule has 1 aromatic carbocycles. The van der Waals surface area contributed by atoms with E-state index in [0.29, 0.717) is 23.6 Å². The van der Waals surface area contributed by atoms with Gasteiger partial charge in [-0.05, 0) is 36.6 Å². The van der Waals surface area contributed by atoms with Crippen molar-refractivity contribution in [3.8, 4) is 11.3 Å². The molecule has 0 saturated heterocycles. The van der Waals surface area contributed by atoms with Gasteiger partial charge in [0.25, 0.3) is 0 Å². The van der Waals surface area contributed by atoms with Crippen molar-refractivity contribution in [2.24, 2.45) is 0 Å². The maximum atomic E-state index is 13.4. The Balaban J connectivity index is 1.43. The Morgan fingerprint density at radius 1 is 1.20 bits per heavy atom. The van der Waals surface area contributed by atoms with Crippen molar-refractivity contribution in [2.75, 3.05) is 25.0 Å². The van der Waals surface area contributed by atoms with Gasteiger partial charge in [-0.3, -0.25) is 14.8 Å². The molecule has 0 unspecified atom stereocenters. The van der Waals surface area contributed by atoms with Crippen LogP contribution in [-0.4, -0.2) is 67.0 Å². The zero-order valence-corrected chi connectivity index (χ0v) is 23.0. The molecule has 0 saturated carbocycles. The van der Waals surface area contributed by atoms with Gasteiger partial charge in [0, 0.05) is 30.3 Å². The Labute approximate surface area is 234 Å². The quantitative estimate of drug-likeness (QED) is 0.307. The van der Waals surface area contributed by atoms with Crippen molar-refractivity contribution in [3.05, 3.63) is 65.3 Å². The van der Waals surface area contributed by atoms with Crippen molar-refractivity contribution in [1.82, 2.24) is 40.6 Å². The molecule has 14 heteroatoms. The Morgan fingerprint density at radius 3 is 2.68 bits per heavy atom. The van der Waals surface area contributed by atoms with Gasteiger partial charge >= 0.3 is 18.0 Å². The van der Waals surface area contributed by atoms with Crippen molar-refractivity contribution < 1.29 is 22.4 Å². The second kappa shape index (κ2) is 10.9. The Kier molecular flexibility index (Phi) is 7.51. The molecule has 216 valence electrons. The number of hydrogen-bond acceptors (Lipinski definition) is 9. The van der Waals surface area contributed by atoms with E-state index in [1.807, 2.05) is 45.9 Å². The number of carbonyl (C=O) groups excluding carboxylic acids is 1. The van der Waals surface area contributed by atoms with Crippen LogP contribution in [0.2, 0.25) is 0 Å². The summed E-state index contributed by atoms with van der Waals surface area (Å²) >= 11 is 0. The fourth-order valence-corrected chi connectivity index (χ4v) is 4.58. The third-order valence-electron chi connectivity index (χ3n) is 6.65. The highest BCUT2D eigenvalue weighted by molar-refractivity contribution is 5.89. The number of benzene rings is 1. The van der Waals surface area contributed by atoms with Gasteiger partial charge in [-0.1, -0.05) is 32.9 Å². The lowest BCUT2D eigenvalue weighted by atomic mass is 9.96. The Bertz CT molecular complexity index is 1540. The molecule has 5 rings (SSSR count). The number of anilines is 2. The summed E-state index contributed by atoms with van der Waals surface area (Å²) in [5, 5.41) is 20.6. The van der Waals surface area contributed by atoms with Crippen LogP contribution in [0.5, 0.6) is 0 Å². The molecule has 0 fully saturated rings. The molecule has 3 N–H and O–H groups in total. The molecule has 1 aliphatic heterocycles. The van der Waals surface area contributed by atoms with E-state index >= 15 is 0 Å². The van der Waals surface area contributed by atoms with Gasteiger partial charge in [0.1, 0.15) is 0 Å². The minimum absolute atomic E-state index is 0.0382. The molecule has 1 atom stereocenters. The fraction of sp³-hybridized carbons (Fsp3) is 0.407. The number of amides is 1. The predicted octanol–water partition coefficient (Wildman–Crippen LogP) is 4.49. The smallest absolute Gasteiger partial charge is 0.401 e. The largest absolute Gasteiger partial charge is 0.416 e. The predicted molar refractivity (Wildman–Crippen MR) is 143 cm³/mol. The van der Waals surface area contributed by atoms with Crippen molar-refractivity contribution >= 4 is 17.5 Å². The van der Waals surface area contributed by atoms with E-state index < -0.39 is 30.1 Å². The van der Waals surface area contributed by atoms with E-state index in [9.17, 15) is 18.0 Å². The first-order valence-electron chi connectivity index (χ1n) is 13.0. The first kappa shape index (κ1) is 28.2. The van der Waals surface area contributed by atoms with Crippen LogP contribution < -0.4 is 10.6 Å². The lowest BCUT2D eigenvalue weighted by Crippen LogP contribution is -2.41. The zero-order chi connectivity index (χ0) is 29.4. The molecule has 41 heavy (non-hydrogen) atoms. The number of H-pyrrole nitrogens is 1. The number of nitrogens with zero attached hydrogens (tertiary/aromatic N) is 6. The highest BCUT2D eigenvalue weighted by Crippen LogP contribution is 2.31. The molecular formula is C27H30F3N9O2. The lowest BCUT2D eigenvalue weighted by Gasteiger charge is -2.26. The number of aryl methyl sites for hydroxylation is 1. The monoisotopic (exact) mass is 569 g/mol. The molecular weight excluding hydrogens is 539 g/mol. The number of alkyl halides is 3. The molecule has 4 aromatic rings. The summed E-state index contributed by atoms with van der Waals surface area (Å²) in [7, 11) is 0. The summed E-state index contributed by atoms with van der Waals surface area (Å²) < 4.78 is 45.7. The van der Waals surface area contributed by atoms with Crippen LogP contribution in [0.25, 0.3) is 11.3 Å². The molecule has 1 amide bonds. The number of carbonyl (C=O) groups is 1. The highest BCUT2D eigenvalue weighted by atomic mass is 19.4. The lowest BCUT2D eigenvalue weighted by molar-refractivity contribution is -0.146. The molecule has 4 heterocycles. The second-order valence-electron chi connectivity index (χ2n) is 11.0. The van der Waals surface area contributed by atoms with Gasteiger partial charge in [0.15, 0.2) is 0 Å². The van der Waals surface area contributed by atoms with Crippen molar-refractivity contribution in [1.29, 1.82) is 0 Å². The third-order valence-corrected chi connectivity index (χ3v) is 6.65. The molecule has 1 aliphatic rings. The number of nitrogens with one attached hydrogen (secondary N) is 3. The van der Waals surface area contributed by atoms with Gasteiger partial charge in [-0.2, -0.15) is 18.3 Å². The fourth-order valence-electron chi connectivity index (χ4n) is 4.58. The van der Waals surface area contributed by atoms with E-state index in [1.54, 1.807) is 18.5 Å². The van der Waals surface area contributed by atoms with Crippen LogP contribution in [0.1, 0.15) is 60.2 Å². The van der Waals surface area contributed by atoms with Crippen LogP contribution >= 0.6 is 0 Å². The van der Waals surface area contributed by atoms with E-state index in [0.717, 1.165) is 22.5 Å². The standard InChI is InChI=1S/C27H30F3N9O2/c1-15-20(12-32-36-15)35-25-31-9-7-19(34-25)17-5-6-18-16(11-17)8-10-39(14-27(28,29)30)13-21(18)33-22(40)23-37-38-24(41-23)26(2,3)4/h5-7,9,11-12,21H,8,10,13-14H2,1-4H3,(H,32,36)(H,33,40)(H,31,34,35)/t21-/m1/s1. The van der Waals surface area contributed by atoms with Crippen molar-refractivity contribution in [2.45, 2.75) is 51.7 Å². The van der Waals surface area contributed by atoms with Gasteiger partial charge in [0.2, 0.25) is 11.8 Å². The first-order chi connectivity index (χ1) is 19.4. The molecule has 0 radical (unpaired) electrons. The summed E-state index contributed by atoms with van der Waals surface area (Å²) in [6, 6.07) is 6.55. The number of aromatic nitrogens is 6. The zero-order valence-electron chi connectivity index (χ0n) is 23.0. The van der Waals surface area contributed by atoms with Crippen LogP contribution in [0, 0.1) is 6.92 Å². The normalized spacial score (nSPS) is 16.2. The van der Waals surface area contributed by atoms with Crippen LogP contribution in [0.3, 0.4) is 0 Å². The highest BCUT2D eigenvalue weighted by Gasteiger charge is 2.35. The summed E-state index contributed by atoms with van der Waals surface area (Å²) in [6.07, 6.45) is -0.782. The summed E-state index contributed by atoms with van der Waals surface area (Å²) in [5.74, 6) is -0.233. The Hall–Kier alpha value is -4.33. The van der Waals surface area contributed by atoms with Gasteiger partial charge in [-0.25, -0.2) is 9.97 Å². The average molecular weight is 570 g/mol. The second-order valence-corrected chi connectivity index (χ2v) is 11.0. The molecule has 0 bridgehead atoms. The number of hydrogen-bond donors (Lipinski definition) is 3. The van der Waals surface area contributed by atoms with Gasteiger partial charge in [0.05, 0.1) is 35.9 Å². The van der Waals surface area contributed by atoms with Gasteiger partial charge < -0.3 is 15.1 Å². The van der Waals surface area contributed by atoms with Crippen molar-refractivity contribution in [3.63, 3.8) is 0 Å². The Morgan fingerprint density at radius 2 is 2.00 bits per heavy atom. The maximum Gasteiger partial charge on any atom is 0.401 e. The summed E-state index contributed by atoms with van der Waals surface area (Å²) in [6.45, 7) is 6.49. The number of fused-ring (bicyclic) bond motifs is 1. The number of aromatic amines is 1. The molecule has 11 nitrogen and oxygen atoms in total. The molecule has 0 aliphatic carbocycles. The summed E-state index contributed by atoms with van der Waals surface area (Å²) in [4.78, 5) is 23.2. The minimum Gasteiger partial charge on any atom is -0.416 e. The van der Waals surface area contributed by atoms with E-state index in [1.165, 1.54) is 4.90 Å². The summed E-state index contributed by atoms with van der Waals surface area (Å²) in [5.41, 5.74) is 4.01. The van der Waals surface area contributed by atoms with Crippen LogP contribution in [0.4, 0.5) is 24.8 Å². The van der Waals surface area contributed by atoms with E-state index in [4.69, 9.17) is 4.42 Å². The maximum absolute atomic E-state index is 13.4. The molecule has 3 aromatic heterocycles. The third kappa shape index (κ3) is 6.70. The first-order valence-corrected chi connectivity index (χ1v) is 13.0. The number of rotatable bonds is 6. The topological polar surface area (TPSA) is 138 Å². The van der Waals surface area contributed by atoms with Gasteiger partial charge in [-0.15, -0.1) is 10.2 Å².